The van der Waals surface area contributed by atoms with Gasteiger partial charge in [0, 0.05) is 6.42 Å². The minimum Gasteiger partial charge on any atom is -0.473 e. The van der Waals surface area contributed by atoms with Gasteiger partial charge in [0.05, 0.1) is 6.26 Å². The maximum absolute atomic E-state index is 9.35. The van der Waals surface area contributed by atoms with Gasteiger partial charge in [0.2, 0.25) is 0 Å². The molecule has 0 saturated heterocycles. The van der Waals surface area contributed by atoms with Gasteiger partial charge in [0.25, 0.3) is 0 Å². The predicted molar refractivity (Wildman–Crippen MR) is 59.8 cm³/mol. The van der Waals surface area contributed by atoms with Crippen molar-refractivity contribution in [1.82, 2.24) is 0 Å². The third-order valence-electron chi connectivity index (χ3n) is 2.30. The van der Waals surface area contributed by atoms with Crippen molar-refractivity contribution in [2.75, 3.05) is 0 Å². The maximum Gasteiger partial charge on any atom is 0.196 e. The number of allylic oxidation sites excluding steroid dienone is 1. The third kappa shape index (κ3) is 8.11. The Morgan fingerprint density at radius 1 is 1.29 bits per heavy atom. The van der Waals surface area contributed by atoms with Crippen LogP contribution in [0.5, 0.6) is 0 Å². The predicted octanol–water partition coefficient (Wildman–Crippen LogP) is 3.46. The summed E-state index contributed by atoms with van der Waals surface area (Å²) in [7, 11) is 0. The van der Waals surface area contributed by atoms with Crippen LogP contribution in [0.2, 0.25) is 0 Å². The molecule has 2 atom stereocenters. The molecule has 0 aromatic heterocycles. The van der Waals surface area contributed by atoms with Gasteiger partial charge in [-0.1, -0.05) is 39.2 Å². The van der Waals surface area contributed by atoms with Gasteiger partial charge in [-0.15, -0.1) is 0 Å². The van der Waals surface area contributed by atoms with Gasteiger partial charge in [-0.25, -0.2) is 0 Å². The largest absolute Gasteiger partial charge is 0.473 e. The van der Waals surface area contributed by atoms with Crippen molar-refractivity contribution in [3.8, 4) is 0 Å². The average Bonchev–Trinajstić information content (AvgIpc) is 2.15. The molecule has 0 bridgehead atoms. The monoisotopic (exact) mass is 200 g/mol. The molecule has 0 aromatic rings. The van der Waals surface area contributed by atoms with Gasteiger partial charge in [0.15, 0.2) is 6.29 Å². The van der Waals surface area contributed by atoms with Gasteiger partial charge in [0.1, 0.15) is 0 Å². The van der Waals surface area contributed by atoms with E-state index in [-0.39, 0.29) is 0 Å². The molecule has 0 fully saturated rings. The molecule has 0 saturated carbocycles. The van der Waals surface area contributed by atoms with Gasteiger partial charge in [-0.05, 0) is 19.3 Å². The number of ether oxygens (including phenoxy) is 1. The summed E-state index contributed by atoms with van der Waals surface area (Å²) >= 11 is 0. The Kier molecular flexibility index (Phi) is 8.75. The molecule has 1 N–H and O–H groups in total. The first-order valence-electron chi connectivity index (χ1n) is 5.65. The lowest BCUT2D eigenvalue weighted by molar-refractivity contribution is -0.0579. The van der Waals surface area contributed by atoms with E-state index in [0.29, 0.717) is 0 Å². The van der Waals surface area contributed by atoms with Crippen LogP contribution >= 0.6 is 0 Å². The Bertz CT molecular complexity index is 143. The molecule has 2 unspecified atom stereocenters. The summed E-state index contributed by atoms with van der Waals surface area (Å²) in [5, 5.41) is 9.35. The fraction of sp³-hybridized carbons (Fsp3) is 0.833. The Labute approximate surface area is 88.0 Å². The number of hydrogen-bond acceptors (Lipinski definition) is 2. The third-order valence-corrected chi connectivity index (χ3v) is 2.30. The Hall–Kier alpha value is -0.500. The highest BCUT2D eigenvalue weighted by molar-refractivity contribution is 4.66. The van der Waals surface area contributed by atoms with E-state index in [2.05, 4.69) is 13.8 Å². The van der Waals surface area contributed by atoms with E-state index in [9.17, 15) is 5.11 Å². The summed E-state index contributed by atoms with van der Waals surface area (Å²) in [6, 6.07) is 0. The highest BCUT2D eigenvalue weighted by atomic mass is 16.6. The fourth-order valence-corrected chi connectivity index (χ4v) is 1.52. The molecule has 0 aliphatic rings. The van der Waals surface area contributed by atoms with Gasteiger partial charge < -0.3 is 9.84 Å². The molecule has 2 nitrogen and oxygen atoms in total. The SMILES string of the molecule is CC=COC(O)CCCC(C)CCC. The summed E-state index contributed by atoms with van der Waals surface area (Å²) in [6.07, 6.45) is 8.19. The fourth-order valence-electron chi connectivity index (χ4n) is 1.52. The first-order chi connectivity index (χ1) is 6.70. The van der Waals surface area contributed by atoms with E-state index in [4.69, 9.17) is 4.74 Å². The molecule has 0 spiro atoms. The van der Waals surface area contributed by atoms with Crippen LogP contribution in [0.1, 0.15) is 52.9 Å². The Morgan fingerprint density at radius 2 is 2.00 bits per heavy atom. The van der Waals surface area contributed by atoms with Crippen molar-refractivity contribution in [3.05, 3.63) is 12.3 Å². The Morgan fingerprint density at radius 3 is 2.57 bits per heavy atom. The smallest absolute Gasteiger partial charge is 0.196 e. The topological polar surface area (TPSA) is 29.5 Å². The second-order valence-corrected chi connectivity index (χ2v) is 3.88. The molecule has 2 heteroatoms. The van der Waals surface area contributed by atoms with Gasteiger partial charge in [-0.2, -0.15) is 0 Å². The van der Waals surface area contributed by atoms with E-state index in [1.165, 1.54) is 19.3 Å². The Balaban J connectivity index is 3.34. The molecular weight excluding hydrogens is 176 g/mol. The van der Waals surface area contributed by atoms with Crippen LogP contribution in [0, 0.1) is 5.92 Å². The van der Waals surface area contributed by atoms with E-state index in [1.807, 2.05) is 6.92 Å². The molecule has 84 valence electrons. The first-order valence-corrected chi connectivity index (χ1v) is 5.65. The number of hydrogen-bond donors (Lipinski definition) is 1. The molecule has 0 aromatic carbocycles. The summed E-state index contributed by atoms with van der Waals surface area (Å²) < 4.78 is 5.01. The standard InChI is InChI=1S/C12H24O2/c1-4-7-11(3)8-6-9-12(13)14-10-5-2/h5,10-13H,4,6-9H2,1-3H3. The van der Waals surface area contributed by atoms with Crippen LogP contribution in [0.4, 0.5) is 0 Å². The minimum atomic E-state index is -0.625. The van der Waals surface area contributed by atoms with Crippen LogP contribution in [-0.4, -0.2) is 11.4 Å². The normalized spacial score (nSPS) is 15.7. The van der Waals surface area contributed by atoms with Crippen LogP contribution in [-0.2, 0) is 4.74 Å². The summed E-state index contributed by atoms with van der Waals surface area (Å²) in [5.41, 5.74) is 0. The summed E-state index contributed by atoms with van der Waals surface area (Å²) in [6.45, 7) is 6.35. The quantitative estimate of drug-likeness (QED) is 0.480. The van der Waals surface area contributed by atoms with Crippen molar-refractivity contribution >= 4 is 0 Å². The van der Waals surface area contributed by atoms with E-state index >= 15 is 0 Å². The molecule has 14 heavy (non-hydrogen) atoms. The molecule has 0 heterocycles. The average molecular weight is 200 g/mol. The van der Waals surface area contributed by atoms with Crippen molar-refractivity contribution in [2.45, 2.75) is 59.2 Å². The van der Waals surface area contributed by atoms with Crippen LogP contribution < -0.4 is 0 Å². The van der Waals surface area contributed by atoms with Gasteiger partial charge in [-0.3, -0.25) is 0 Å². The summed E-state index contributed by atoms with van der Waals surface area (Å²) in [4.78, 5) is 0. The molecule has 0 amide bonds. The highest BCUT2D eigenvalue weighted by Crippen LogP contribution is 2.14. The zero-order chi connectivity index (χ0) is 10.8. The second-order valence-electron chi connectivity index (χ2n) is 3.88. The first kappa shape index (κ1) is 13.5. The molecule has 0 rings (SSSR count). The van der Waals surface area contributed by atoms with E-state index in [0.717, 1.165) is 18.8 Å². The second kappa shape index (κ2) is 9.07. The van der Waals surface area contributed by atoms with Crippen LogP contribution in [0.25, 0.3) is 0 Å². The number of aliphatic hydroxyl groups excluding tert-OH is 1. The highest BCUT2D eigenvalue weighted by Gasteiger charge is 2.05. The molecule has 0 aliphatic heterocycles. The van der Waals surface area contributed by atoms with Crippen molar-refractivity contribution in [2.24, 2.45) is 5.92 Å². The maximum atomic E-state index is 9.35. The zero-order valence-corrected chi connectivity index (χ0v) is 9.70. The zero-order valence-electron chi connectivity index (χ0n) is 9.70. The lowest BCUT2D eigenvalue weighted by Gasteiger charge is -2.12. The lowest BCUT2D eigenvalue weighted by Crippen LogP contribution is -2.08. The van der Waals surface area contributed by atoms with Crippen LogP contribution in [0.15, 0.2) is 12.3 Å². The van der Waals surface area contributed by atoms with Crippen molar-refractivity contribution in [1.29, 1.82) is 0 Å². The van der Waals surface area contributed by atoms with E-state index in [1.54, 1.807) is 12.3 Å². The minimum absolute atomic E-state index is 0.625. The van der Waals surface area contributed by atoms with Crippen molar-refractivity contribution in [3.63, 3.8) is 0 Å². The number of aliphatic hydroxyl groups is 1. The lowest BCUT2D eigenvalue weighted by atomic mass is 9.99. The van der Waals surface area contributed by atoms with Crippen molar-refractivity contribution < 1.29 is 9.84 Å². The van der Waals surface area contributed by atoms with Crippen LogP contribution in [0.3, 0.4) is 0 Å². The molecule has 0 radical (unpaired) electrons. The molecular formula is C12H24O2. The molecule has 0 aliphatic carbocycles. The van der Waals surface area contributed by atoms with E-state index < -0.39 is 6.29 Å². The summed E-state index contributed by atoms with van der Waals surface area (Å²) in [5.74, 6) is 0.772. The number of rotatable bonds is 8. The van der Waals surface area contributed by atoms with Gasteiger partial charge >= 0.3 is 0 Å².